The van der Waals surface area contributed by atoms with E-state index < -0.39 is 0 Å². The fourth-order valence-electron chi connectivity index (χ4n) is 5.66. The van der Waals surface area contributed by atoms with Crippen LogP contribution in [-0.2, 0) is 4.79 Å². The first kappa shape index (κ1) is 27.4. The standard InChI is InChI=1S/C29H30Cl2N8O2/c30-20-8-9-25(39-17-27(31)35-36-39)22(14-20)23-15-28(40)38(18-34-23)24-7-2-1-3-10-33-29(41)26-16-32-11-12-37(26)21-6-4-5-19(24)13-21/h4-6,8-9,13-15,17-18,24,26,32H,1-3,7,10-12,16H2,(H,33,41)/t24-,26+/m0/s1. The van der Waals surface area contributed by atoms with Crippen LogP contribution in [-0.4, -0.2) is 62.7 Å². The van der Waals surface area contributed by atoms with E-state index in [2.05, 4.69) is 38.0 Å². The molecule has 4 aromatic rings. The predicted octanol–water partition coefficient (Wildman–Crippen LogP) is 3.86. The van der Waals surface area contributed by atoms with Crippen LogP contribution in [0.5, 0.6) is 0 Å². The molecule has 0 unspecified atom stereocenters. The molecule has 0 radical (unpaired) electrons. The third-order valence-corrected chi connectivity index (χ3v) is 8.11. The fraction of sp³-hybridized carbons (Fsp3) is 0.345. The number of hydrogen-bond acceptors (Lipinski definition) is 7. The third kappa shape index (κ3) is 5.86. The molecule has 12 heteroatoms. The number of amides is 1. The van der Waals surface area contributed by atoms with E-state index in [0.717, 1.165) is 50.0 Å². The summed E-state index contributed by atoms with van der Waals surface area (Å²) >= 11 is 12.3. The van der Waals surface area contributed by atoms with Gasteiger partial charge in [0.1, 0.15) is 6.04 Å². The maximum atomic E-state index is 13.7. The number of piperazine rings is 1. The zero-order chi connectivity index (χ0) is 28.3. The smallest absolute Gasteiger partial charge is 0.254 e. The molecule has 10 nitrogen and oxygen atoms in total. The van der Waals surface area contributed by atoms with Gasteiger partial charge in [-0.25, -0.2) is 9.67 Å². The SMILES string of the molecule is O=C1NCCCCC[C@H](n2cnc(-c3cc(Cl)ccc3-n3cc(Cl)nn3)cc2=O)c2cccc(c2)N2CCNC[C@H]12. The Labute approximate surface area is 247 Å². The molecule has 2 aliphatic rings. The lowest BCUT2D eigenvalue weighted by molar-refractivity contribution is -0.122. The molecule has 2 aliphatic heterocycles. The van der Waals surface area contributed by atoms with Gasteiger partial charge in [-0.15, -0.1) is 5.10 Å². The Morgan fingerprint density at radius 2 is 1.85 bits per heavy atom. The highest BCUT2D eigenvalue weighted by Gasteiger charge is 2.29. The number of benzene rings is 2. The van der Waals surface area contributed by atoms with E-state index in [1.807, 2.05) is 12.1 Å². The van der Waals surface area contributed by atoms with Crippen LogP contribution in [0.2, 0.25) is 10.2 Å². The second-order valence-electron chi connectivity index (χ2n) is 10.3. The molecule has 4 heterocycles. The Morgan fingerprint density at radius 1 is 0.951 bits per heavy atom. The number of nitrogens with one attached hydrogen (secondary N) is 2. The monoisotopic (exact) mass is 592 g/mol. The Kier molecular flexibility index (Phi) is 8.04. The normalized spacial score (nSPS) is 19.9. The molecule has 0 saturated carbocycles. The summed E-state index contributed by atoms with van der Waals surface area (Å²) in [5.41, 5.74) is 3.58. The van der Waals surface area contributed by atoms with Crippen LogP contribution < -0.4 is 21.1 Å². The van der Waals surface area contributed by atoms with Crippen LogP contribution in [0.25, 0.3) is 16.9 Å². The van der Waals surface area contributed by atoms with Gasteiger partial charge in [0.05, 0.1) is 29.9 Å². The number of rotatable bonds is 3. The van der Waals surface area contributed by atoms with Crippen molar-refractivity contribution in [3.8, 4) is 16.9 Å². The van der Waals surface area contributed by atoms with Crippen LogP contribution in [0.3, 0.4) is 0 Å². The second-order valence-corrected chi connectivity index (χ2v) is 11.2. The summed E-state index contributed by atoms with van der Waals surface area (Å²) in [6, 6.07) is 14.5. The van der Waals surface area contributed by atoms with Crippen LogP contribution in [0.1, 0.15) is 37.3 Å². The lowest BCUT2D eigenvalue weighted by atomic mass is 9.98. The molecule has 1 amide bonds. The second kappa shape index (κ2) is 12.0. The van der Waals surface area contributed by atoms with Crippen molar-refractivity contribution in [1.82, 2.24) is 35.2 Å². The number of halogens is 2. The van der Waals surface area contributed by atoms with Crippen LogP contribution in [0.15, 0.2) is 65.8 Å². The Morgan fingerprint density at radius 3 is 2.68 bits per heavy atom. The Hall–Kier alpha value is -3.73. The zero-order valence-corrected chi connectivity index (χ0v) is 23.9. The number of carbonyl (C=O) groups is 1. The van der Waals surface area contributed by atoms with Gasteiger partial charge in [-0.1, -0.05) is 53.4 Å². The average Bonchev–Trinajstić information content (AvgIpc) is 3.42. The molecule has 6 rings (SSSR count). The van der Waals surface area contributed by atoms with Crippen LogP contribution in [0, 0.1) is 0 Å². The Balaban J connectivity index is 1.38. The molecule has 2 bridgehead atoms. The van der Waals surface area contributed by atoms with E-state index in [9.17, 15) is 9.59 Å². The average molecular weight is 594 g/mol. The number of hydrogen-bond donors (Lipinski definition) is 2. The van der Waals surface area contributed by atoms with Crippen molar-refractivity contribution in [3.05, 3.63) is 87.1 Å². The van der Waals surface area contributed by atoms with E-state index in [1.165, 1.54) is 10.7 Å². The van der Waals surface area contributed by atoms with Gasteiger partial charge in [0.15, 0.2) is 5.15 Å². The van der Waals surface area contributed by atoms with Gasteiger partial charge in [-0.2, -0.15) is 0 Å². The van der Waals surface area contributed by atoms with Crippen molar-refractivity contribution in [3.63, 3.8) is 0 Å². The van der Waals surface area contributed by atoms with Gasteiger partial charge in [-0.3, -0.25) is 14.2 Å². The largest absolute Gasteiger partial charge is 0.357 e. The molecule has 2 N–H and O–H groups in total. The van der Waals surface area contributed by atoms with Gasteiger partial charge in [0, 0.05) is 48.5 Å². The summed E-state index contributed by atoms with van der Waals surface area (Å²) in [4.78, 5) is 33.6. The highest BCUT2D eigenvalue weighted by atomic mass is 35.5. The van der Waals surface area contributed by atoms with Crippen molar-refractivity contribution in [1.29, 1.82) is 0 Å². The van der Waals surface area contributed by atoms with Crippen LogP contribution in [0.4, 0.5) is 5.69 Å². The molecule has 0 aliphatic carbocycles. The minimum Gasteiger partial charge on any atom is -0.357 e. The molecule has 2 aromatic heterocycles. The highest BCUT2D eigenvalue weighted by molar-refractivity contribution is 6.31. The molecule has 212 valence electrons. The van der Waals surface area contributed by atoms with E-state index in [1.54, 1.807) is 35.3 Å². The van der Waals surface area contributed by atoms with Crippen molar-refractivity contribution >= 4 is 34.8 Å². The first-order valence-electron chi connectivity index (χ1n) is 13.8. The molecule has 1 fully saturated rings. The topological polar surface area (TPSA) is 110 Å². The fourth-order valence-corrected chi connectivity index (χ4v) is 5.96. The van der Waals surface area contributed by atoms with Gasteiger partial charge in [0.2, 0.25) is 5.91 Å². The number of anilines is 1. The van der Waals surface area contributed by atoms with Crippen molar-refractivity contribution in [2.45, 2.75) is 37.8 Å². The van der Waals surface area contributed by atoms with E-state index in [0.29, 0.717) is 35.1 Å². The zero-order valence-electron chi connectivity index (χ0n) is 22.3. The summed E-state index contributed by atoms with van der Waals surface area (Å²) in [7, 11) is 0. The van der Waals surface area contributed by atoms with Crippen molar-refractivity contribution in [2.75, 3.05) is 31.1 Å². The maximum Gasteiger partial charge on any atom is 0.254 e. The number of carbonyl (C=O) groups excluding carboxylic acids is 1. The van der Waals surface area contributed by atoms with E-state index in [4.69, 9.17) is 28.2 Å². The molecule has 0 spiro atoms. The first-order valence-corrected chi connectivity index (χ1v) is 14.5. The Bertz CT molecular complexity index is 1620. The summed E-state index contributed by atoms with van der Waals surface area (Å²) in [6.45, 7) is 2.76. The third-order valence-electron chi connectivity index (χ3n) is 7.70. The number of aromatic nitrogens is 5. The van der Waals surface area contributed by atoms with Crippen molar-refractivity contribution in [2.24, 2.45) is 0 Å². The lowest BCUT2D eigenvalue weighted by Gasteiger charge is -2.37. The predicted molar refractivity (Wildman–Crippen MR) is 159 cm³/mol. The minimum atomic E-state index is -0.284. The van der Waals surface area contributed by atoms with Gasteiger partial charge in [-0.05, 0) is 48.7 Å². The summed E-state index contributed by atoms with van der Waals surface area (Å²) < 4.78 is 3.24. The molecule has 41 heavy (non-hydrogen) atoms. The quantitative estimate of drug-likeness (QED) is 0.372. The summed E-state index contributed by atoms with van der Waals surface area (Å²) in [5, 5.41) is 15.1. The number of fused-ring (bicyclic) bond motifs is 4. The first-order chi connectivity index (χ1) is 20.0. The summed E-state index contributed by atoms with van der Waals surface area (Å²) in [5.74, 6) is 0.0444. The van der Waals surface area contributed by atoms with Crippen molar-refractivity contribution < 1.29 is 4.79 Å². The number of nitrogens with zero attached hydrogens (tertiary/aromatic N) is 6. The van der Waals surface area contributed by atoms with Gasteiger partial charge in [0.25, 0.3) is 5.56 Å². The molecule has 1 saturated heterocycles. The highest BCUT2D eigenvalue weighted by Crippen LogP contribution is 2.31. The molecule has 2 aromatic carbocycles. The van der Waals surface area contributed by atoms with Gasteiger partial charge >= 0.3 is 0 Å². The lowest BCUT2D eigenvalue weighted by Crippen LogP contribution is -2.58. The summed E-state index contributed by atoms with van der Waals surface area (Å²) in [6.07, 6.45) is 6.69. The van der Waals surface area contributed by atoms with E-state index >= 15 is 0 Å². The van der Waals surface area contributed by atoms with Gasteiger partial charge < -0.3 is 15.5 Å². The minimum absolute atomic E-state index is 0.0444. The van der Waals surface area contributed by atoms with Crippen LogP contribution >= 0.6 is 23.2 Å². The maximum absolute atomic E-state index is 13.7. The van der Waals surface area contributed by atoms with E-state index in [-0.39, 0.29) is 28.7 Å². The molecular formula is C29H30Cl2N8O2. The molecular weight excluding hydrogens is 563 g/mol. The molecule has 2 atom stereocenters.